The fourth-order valence-electron chi connectivity index (χ4n) is 1.43. The standard InChI is InChI=1S/C12H16F3N3O/c1-18(5-6-19-8-12(13,14)15)10-4-2-3-9(7-10)11(16)17/h2-4,7H,5-6,8H2,1H3,(H3,16,17). The normalized spacial score (nSPS) is 11.4. The number of alkyl halides is 3. The maximum absolute atomic E-state index is 11.9. The van der Waals surface area contributed by atoms with Crippen molar-refractivity contribution in [2.75, 3.05) is 31.7 Å². The minimum atomic E-state index is -4.30. The van der Waals surface area contributed by atoms with Crippen molar-refractivity contribution in [3.8, 4) is 0 Å². The second kappa shape index (κ2) is 6.42. The van der Waals surface area contributed by atoms with Crippen molar-refractivity contribution in [1.29, 1.82) is 5.41 Å². The summed E-state index contributed by atoms with van der Waals surface area (Å²) in [5.74, 6) is -0.0522. The van der Waals surface area contributed by atoms with Gasteiger partial charge in [-0.3, -0.25) is 5.41 Å². The summed E-state index contributed by atoms with van der Waals surface area (Å²) >= 11 is 0. The summed E-state index contributed by atoms with van der Waals surface area (Å²) in [5.41, 5.74) is 6.70. The smallest absolute Gasteiger partial charge is 0.384 e. The van der Waals surface area contributed by atoms with Crippen molar-refractivity contribution in [3.63, 3.8) is 0 Å². The van der Waals surface area contributed by atoms with E-state index in [0.29, 0.717) is 12.1 Å². The SMILES string of the molecule is CN(CCOCC(F)(F)F)c1cccc(C(=N)N)c1. The highest BCUT2D eigenvalue weighted by atomic mass is 19.4. The molecule has 0 aliphatic heterocycles. The van der Waals surface area contributed by atoms with Gasteiger partial charge in [0, 0.05) is 24.8 Å². The van der Waals surface area contributed by atoms with E-state index in [1.807, 2.05) is 0 Å². The molecule has 1 aromatic carbocycles. The van der Waals surface area contributed by atoms with Crippen molar-refractivity contribution in [3.05, 3.63) is 29.8 Å². The van der Waals surface area contributed by atoms with E-state index >= 15 is 0 Å². The molecular formula is C12H16F3N3O. The fourth-order valence-corrected chi connectivity index (χ4v) is 1.43. The predicted molar refractivity (Wildman–Crippen MR) is 67.6 cm³/mol. The van der Waals surface area contributed by atoms with Gasteiger partial charge in [-0.15, -0.1) is 0 Å². The van der Waals surface area contributed by atoms with Gasteiger partial charge < -0.3 is 15.4 Å². The maximum Gasteiger partial charge on any atom is 0.411 e. The molecule has 0 spiro atoms. The molecule has 0 fully saturated rings. The second-order valence-electron chi connectivity index (χ2n) is 4.05. The molecule has 0 atom stereocenters. The van der Waals surface area contributed by atoms with E-state index in [-0.39, 0.29) is 12.4 Å². The zero-order chi connectivity index (χ0) is 14.5. The van der Waals surface area contributed by atoms with E-state index < -0.39 is 12.8 Å². The highest BCUT2D eigenvalue weighted by Crippen LogP contribution is 2.16. The van der Waals surface area contributed by atoms with Crippen LogP contribution >= 0.6 is 0 Å². The Balaban J connectivity index is 2.47. The van der Waals surface area contributed by atoms with Gasteiger partial charge in [-0.25, -0.2) is 0 Å². The van der Waals surface area contributed by atoms with Gasteiger partial charge >= 0.3 is 6.18 Å². The van der Waals surface area contributed by atoms with Crippen molar-refractivity contribution in [1.82, 2.24) is 0 Å². The summed E-state index contributed by atoms with van der Waals surface area (Å²) in [6.07, 6.45) is -4.30. The predicted octanol–water partition coefficient (Wildman–Crippen LogP) is 1.99. The zero-order valence-corrected chi connectivity index (χ0v) is 10.5. The Hall–Kier alpha value is -1.76. The number of anilines is 1. The Labute approximate surface area is 109 Å². The second-order valence-corrected chi connectivity index (χ2v) is 4.05. The number of amidine groups is 1. The topological polar surface area (TPSA) is 62.3 Å². The minimum absolute atomic E-state index is 0.0275. The number of hydrogen-bond donors (Lipinski definition) is 2. The molecule has 0 aromatic heterocycles. The third-order valence-electron chi connectivity index (χ3n) is 2.43. The van der Waals surface area contributed by atoms with E-state index in [1.165, 1.54) is 0 Å². The maximum atomic E-state index is 11.9. The molecule has 0 amide bonds. The first-order chi connectivity index (χ1) is 8.79. The number of benzene rings is 1. The van der Waals surface area contributed by atoms with Gasteiger partial charge in [0.1, 0.15) is 12.4 Å². The van der Waals surface area contributed by atoms with Crippen molar-refractivity contribution < 1.29 is 17.9 Å². The lowest BCUT2D eigenvalue weighted by molar-refractivity contribution is -0.173. The van der Waals surface area contributed by atoms with Gasteiger partial charge in [-0.05, 0) is 12.1 Å². The van der Waals surface area contributed by atoms with Gasteiger partial charge in [0.05, 0.1) is 6.61 Å². The molecule has 0 saturated heterocycles. The first-order valence-corrected chi connectivity index (χ1v) is 5.59. The summed E-state index contributed by atoms with van der Waals surface area (Å²) in [6.45, 7) is -0.952. The number of rotatable bonds is 6. The summed E-state index contributed by atoms with van der Waals surface area (Å²) in [5, 5.41) is 7.32. The zero-order valence-electron chi connectivity index (χ0n) is 10.5. The van der Waals surface area contributed by atoms with Crippen LogP contribution in [0.2, 0.25) is 0 Å². The molecule has 1 rings (SSSR count). The minimum Gasteiger partial charge on any atom is -0.384 e. The van der Waals surface area contributed by atoms with Crippen molar-refractivity contribution in [2.24, 2.45) is 5.73 Å². The van der Waals surface area contributed by atoms with Crippen LogP contribution in [0.5, 0.6) is 0 Å². The molecule has 7 heteroatoms. The number of nitrogens with one attached hydrogen (secondary N) is 1. The molecule has 0 radical (unpaired) electrons. The monoisotopic (exact) mass is 275 g/mol. The van der Waals surface area contributed by atoms with Crippen LogP contribution in [0.3, 0.4) is 0 Å². The Kier molecular flexibility index (Phi) is 5.17. The third-order valence-corrected chi connectivity index (χ3v) is 2.43. The Morgan fingerprint density at radius 2 is 2.11 bits per heavy atom. The van der Waals surface area contributed by atoms with Gasteiger partial charge in [0.25, 0.3) is 0 Å². The molecule has 106 valence electrons. The lowest BCUT2D eigenvalue weighted by atomic mass is 10.2. The number of halogens is 3. The van der Waals surface area contributed by atoms with Gasteiger partial charge in [0.15, 0.2) is 0 Å². The fraction of sp³-hybridized carbons (Fsp3) is 0.417. The molecule has 0 bridgehead atoms. The lowest BCUT2D eigenvalue weighted by Crippen LogP contribution is -2.26. The van der Waals surface area contributed by atoms with Crippen LogP contribution in [-0.2, 0) is 4.74 Å². The average Bonchev–Trinajstić information content (AvgIpc) is 2.33. The Bertz CT molecular complexity index is 434. The molecule has 4 nitrogen and oxygen atoms in total. The number of ether oxygens (including phenoxy) is 1. The molecule has 3 N–H and O–H groups in total. The van der Waals surface area contributed by atoms with E-state index in [1.54, 1.807) is 36.2 Å². The van der Waals surface area contributed by atoms with Crippen molar-refractivity contribution >= 4 is 11.5 Å². The number of likely N-dealkylation sites (N-methyl/N-ethyl adjacent to an activating group) is 1. The molecular weight excluding hydrogens is 259 g/mol. The van der Waals surface area contributed by atoms with Gasteiger partial charge in [0.2, 0.25) is 0 Å². The third kappa shape index (κ3) is 5.60. The number of nitrogens with two attached hydrogens (primary N) is 1. The first-order valence-electron chi connectivity index (χ1n) is 5.59. The van der Waals surface area contributed by atoms with Crippen LogP contribution in [0.1, 0.15) is 5.56 Å². The number of hydrogen-bond acceptors (Lipinski definition) is 3. The summed E-state index contributed by atoms with van der Waals surface area (Å²) in [7, 11) is 1.73. The summed E-state index contributed by atoms with van der Waals surface area (Å²) < 4.78 is 40.1. The highest BCUT2D eigenvalue weighted by molar-refractivity contribution is 5.95. The largest absolute Gasteiger partial charge is 0.411 e. The average molecular weight is 275 g/mol. The van der Waals surface area contributed by atoms with E-state index in [4.69, 9.17) is 11.1 Å². The lowest BCUT2D eigenvalue weighted by Gasteiger charge is -2.20. The van der Waals surface area contributed by atoms with E-state index in [2.05, 4.69) is 4.74 Å². The number of nitrogen functional groups attached to an aromatic ring is 1. The molecule has 0 aliphatic carbocycles. The van der Waals surface area contributed by atoms with Crippen LogP contribution in [0.15, 0.2) is 24.3 Å². The molecule has 0 unspecified atom stereocenters. The van der Waals surface area contributed by atoms with E-state index in [9.17, 15) is 13.2 Å². The Morgan fingerprint density at radius 3 is 2.68 bits per heavy atom. The Morgan fingerprint density at radius 1 is 1.42 bits per heavy atom. The van der Waals surface area contributed by atoms with Crippen LogP contribution in [-0.4, -0.2) is 38.8 Å². The van der Waals surface area contributed by atoms with Crippen LogP contribution < -0.4 is 10.6 Å². The first kappa shape index (κ1) is 15.3. The van der Waals surface area contributed by atoms with Gasteiger partial charge in [-0.2, -0.15) is 13.2 Å². The van der Waals surface area contributed by atoms with E-state index in [0.717, 1.165) is 5.69 Å². The van der Waals surface area contributed by atoms with Gasteiger partial charge in [-0.1, -0.05) is 12.1 Å². The van der Waals surface area contributed by atoms with Crippen LogP contribution in [0.4, 0.5) is 18.9 Å². The highest BCUT2D eigenvalue weighted by Gasteiger charge is 2.27. The van der Waals surface area contributed by atoms with Crippen LogP contribution in [0, 0.1) is 5.41 Å². The number of nitrogens with zero attached hydrogens (tertiary/aromatic N) is 1. The molecule has 0 aliphatic rings. The molecule has 0 saturated carbocycles. The quantitative estimate of drug-likeness (QED) is 0.474. The van der Waals surface area contributed by atoms with Crippen LogP contribution in [0.25, 0.3) is 0 Å². The summed E-state index contributed by atoms with van der Waals surface area (Å²) in [6, 6.07) is 6.92. The molecule has 19 heavy (non-hydrogen) atoms. The summed E-state index contributed by atoms with van der Waals surface area (Å²) in [4.78, 5) is 1.74. The van der Waals surface area contributed by atoms with Crippen molar-refractivity contribution in [2.45, 2.75) is 6.18 Å². The molecule has 1 aromatic rings. The molecule has 0 heterocycles.